The lowest BCUT2D eigenvalue weighted by molar-refractivity contribution is 0.439. The minimum atomic E-state index is 0.0966. The Labute approximate surface area is 112 Å². The standard InChI is InChI=1S/C16H18O3/c1-9-6-12(7-10(2)15(9)18)8-13-4-5-14(17)11(3)16(13)19/h4-7,17-19H,8H2,1-3H3. The molecule has 3 nitrogen and oxygen atoms in total. The molecule has 0 amide bonds. The summed E-state index contributed by atoms with van der Waals surface area (Å²) in [6.07, 6.45) is 0.564. The van der Waals surface area contributed by atoms with Crippen molar-refractivity contribution in [1.29, 1.82) is 0 Å². The minimum Gasteiger partial charge on any atom is -0.508 e. The number of benzene rings is 2. The van der Waals surface area contributed by atoms with Crippen LogP contribution in [0.25, 0.3) is 0 Å². The highest BCUT2D eigenvalue weighted by Crippen LogP contribution is 2.32. The fourth-order valence-electron chi connectivity index (χ4n) is 2.26. The summed E-state index contributed by atoms with van der Waals surface area (Å²) in [5.74, 6) is 0.539. The smallest absolute Gasteiger partial charge is 0.125 e. The molecule has 3 N–H and O–H groups in total. The lowest BCUT2D eigenvalue weighted by atomic mass is 9.98. The molecule has 0 unspecified atom stereocenters. The lowest BCUT2D eigenvalue weighted by Gasteiger charge is -2.11. The number of rotatable bonds is 2. The summed E-state index contributed by atoms with van der Waals surface area (Å²) >= 11 is 0. The van der Waals surface area contributed by atoms with E-state index < -0.39 is 0 Å². The summed E-state index contributed by atoms with van der Waals surface area (Å²) in [5.41, 5.74) is 3.92. The van der Waals surface area contributed by atoms with Crippen molar-refractivity contribution in [3.8, 4) is 17.2 Å². The van der Waals surface area contributed by atoms with Crippen molar-refractivity contribution >= 4 is 0 Å². The van der Waals surface area contributed by atoms with Crippen molar-refractivity contribution in [1.82, 2.24) is 0 Å². The van der Waals surface area contributed by atoms with Crippen LogP contribution in [-0.2, 0) is 6.42 Å². The molecule has 100 valence electrons. The van der Waals surface area contributed by atoms with Gasteiger partial charge in [0, 0.05) is 12.0 Å². The summed E-state index contributed by atoms with van der Waals surface area (Å²) in [6, 6.07) is 7.12. The molecule has 0 aliphatic heterocycles. The van der Waals surface area contributed by atoms with Gasteiger partial charge in [0.2, 0.25) is 0 Å². The van der Waals surface area contributed by atoms with Crippen LogP contribution >= 0.6 is 0 Å². The number of phenolic OH excluding ortho intramolecular Hbond substituents is 3. The molecule has 0 heterocycles. The zero-order chi connectivity index (χ0) is 14.2. The Kier molecular flexibility index (Phi) is 3.38. The number of aromatic hydroxyl groups is 3. The molecule has 0 saturated carbocycles. The summed E-state index contributed by atoms with van der Waals surface area (Å²) in [4.78, 5) is 0. The fourth-order valence-corrected chi connectivity index (χ4v) is 2.26. The zero-order valence-corrected chi connectivity index (χ0v) is 11.4. The van der Waals surface area contributed by atoms with Crippen molar-refractivity contribution in [2.24, 2.45) is 0 Å². The van der Waals surface area contributed by atoms with Gasteiger partial charge >= 0.3 is 0 Å². The van der Waals surface area contributed by atoms with Gasteiger partial charge in [0.1, 0.15) is 17.2 Å². The normalized spacial score (nSPS) is 10.7. The van der Waals surface area contributed by atoms with Gasteiger partial charge in [-0.25, -0.2) is 0 Å². The third kappa shape index (κ3) is 2.50. The molecular weight excluding hydrogens is 240 g/mol. The molecule has 0 fully saturated rings. The van der Waals surface area contributed by atoms with E-state index in [9.17, 15) is 15.3 Å². The van der Waals surface area contributed by atoms with Gasteiger partial charge < -0.3 is 15.3 Å². The van der Waals surface area contributed by atoms with Gasteiger partial charge in [-0.15, -0.1) is 0 Å². The van der Waals surface area contributed by atoms with E-state index in [0.29, 0.717) is 17.7 Å². The molecule has 19 heavy (non-hydrogen) atoms. The van der Waals surface area contributed by atoms with Crippen LogP contribution in [0.5, 0.6) is 17.2 Å². The van der Waals surface area contributed by atoms with Crippen LogP contribution in [-0.4, -0.2) is 15.3 Å². The maximum Gasteiger partial charge on any atom is 0.125 e. The van der Waals surface area contributed by atoms with Crippen molar-refractivity contribution in [2.45, 2.75) is 27.2 Å². The summed E-state index contributed by atoms with van der Waals surface area (Å²) in [7, 11) is 0. The number of hydrogen-bond donors (Lipinski definition) is 3. The van der Waals surface area contributed by atoms with E-state index in [-0.39, 0.29) is 11.5 Å². The average molecular weight is 258 g/mol. The third-order valence-corrected chi connectivity index (χ3v) is 3.43. The first-order valence-electron chi connectivity index (χ1n) is 6.19. The quantitative estimate of drug-likeness (QED) is 0.774. The Balaban J connectivity index is 2.39. The van der Waals surface area contributed by atoms with Crippen LogP contribution in [0.1, 0.15) is 27.8 Å². The molecule has 0 aliphatic rings. The van der Waals surface area contributed by atoms with Crippen molar-refractivity contribution in [3.63, 3.8) is 0 Å². The molecule has 0 saturated heterocycles. The van der Waals surface area contributed by atoms with Crippen LogP contribution in [0.2, 0.25) is 0 Å². The maximum atomic E-state index is 10.0. The second-order valence-electron chi connectivity index (χ2n) is 4.97. The van der Waals surface area contributed by atoms with Crippen molar-refractivity contribution < 1.29 is 15.3 Å². The van der Waals surface area contributed by atoms with Crippen LogP contribution in [0.15, 0.2) is 24.3 Å². The molecule has 2 aromatic rings. The first-order chi connectivity index (χ1) is 8.90. The van der Waals surface area contributed by atoms with Crippen LogP contribution in [0, 0.1) is 20.8 Å². The molecular formula is C16H18O3. The van der Waals surface area contributed by atoms with Gasteiger partial charge in [-0.2, -0.15) is 0 Å². The highest BCUT2D eigenvalue weighted by molar-refractivity contribution is 5.50. The molecule has 0 aliphatic carbocycles. The van der Waals surface area contributed by atoms with E-state index in [0.717, 1.165) is 22.3 Å². The second kappa shape index (κ2) is 4.84. The van der Waals surface area contributed by atoms with E-state index in [1.54, 1.807) is 19.1 Å². The minimum absolute atomic E-state index is 0.0966. The Morgan fingerprint density at radius 1 is 0.842 bits per heavy atom. The summed E-state index contributed by atoms with van der Waals surface area (Å²) < 4.78 is 0. The largest absolute Gasteiger partial charge is 0.508 e. The van der Waals surface area contributed by atoms with E-state index in [2.05, 4.69) is 0 Å². The van der Waals surface area contributed by atoms with Gasteiger partial charge in [0.25, 0.3) is 0 Å². The molecule has 0 spiro atoms. The molecule has 0 atom stereocenters. The SMILES string of the molecule is Cc1cc(Cc2ccc(O)c(C)c2O)cc(C)c1O. The zero-order valence-electron chi connectivity index (χ0n) is 11.4. The predicted molar refractivity (Wildman–Crippen MR) is 74.9 cm³/mol. The first kappa shape index (κ1) is 13.3. The third-order valence-electron chi connectivity index (χ3n) is 3.43. The van der Waals surface area contributed by atoms with Crippen LogP contribution in [0.3, 0.4) is 0 Å². The Bertz CT molecular complexity index is 607. The second-order valence-corrected chi connectivity index (χ2v) is 4.97. The maximum absolute atomic E-state index is 10.0. The van der Waals surface area contributed by atoms with Gasteiger partial charge in [0.05, 0.1) is 0 Å². The molecule has 0 bridgehead atoms. The topological polar surface area (TPSA) is 60.7 Å². The van der Waals surface area contributed by atoms with Gasteiger partial charge in [0.15, 0.2) is 0 Å². The molecule has 0 aromatic heterocycles. The van der Waals surface area contributed by atoms with Crippen molar-refractivity contribution in [3.05, 3.63) is 52.1 Å². The van der Waals surface area contributed by atoms with E-state index >= 15 is 0 Å². The van der Waals surface area contributed by atoms with E-state index in [4.69, 9.17) is 0 Å². The summed E-state index contributed by atoms with van der Waals surface area (Å²) in [5, 5.41) is 29.3. The Hall–Kier alpha value is -2.16. The fraction of sp³-hybridized carbons (Fsp3) is 0.250. The molecule has 2 rings (SSSR count). The monoisotopic (exact) mass is 258 g/mol. The Morgan fingerprint density at radius 3 is 2.00 bits per heavy atom. The van der Waals surface area contributed by atoms with Crippen LogP contribution < -0.4 is 0 Å². The highest BCUT2D eigenvalue weighted by atomic mass is 16.3. The lowest BCUT2D eigenvalue weighted by Crippen LogP contribution is -1.93. The van der Waals surface area contributed by atoms with Gasteiger partial charge in [-0.1, -0.05) is 18.2 Å². The Morgan fingerprint density at radius 2 is 1.42 bits per heavy atom. The van der Waals surface area contributed by atoms with Crippen LogP contribution in [0.4, 0.5) is 0 Å². The average Bonchev–Trinajstić information content (AvgIpc) is 2.36. The van der Waals surface area contributed by atoms with E-state index in [1.807, 2.05) is 26.0 Å². The predicted octanol–water partition coefficient (Wildman–Crippen LogP) is 3.32. The summed E-state index contributed by atoms with van der Waals surface area (Å²) in [6.45, 7) is 5.39. The number of hydrogen-bond acceptors (Lipinski definition) is 3. The highest BCUT2D eigenvalue weighted by Gasteiger charge is 2.10. The van der Waals surface area contributed by atoms with Gasteiger partial charge in [-0.05, 0) is 49.1 Å². The van der Waals surface area contributed by atoms with Crippen molar-refractivity contribution in [2.75, 3.05) is 0 Å². The number of phenols is 3. The molecule has 3 heteroatoms. The van der Waals surface area contributed by atoms with Gasteiger partial charge in [-0.3, -0.25) is 0 Å². The number of aryl methyl sites for hydroxylation is 2. The molecule has 2 aromatic carbocycles. The first-order valence-corrected chi connectivity index (χ1v) is 6.19. The molecule has 0 radical (unpaired) electrons. The van der Waals surface area contributed by atoms with E-state index in [1.165, 1.54) is 0 Å².